The van der Waals surface area contributed by atoms with E-state index in [-0.39, 0.29) is 5.56 Å². The summed E-state index contributed by atoms with van der Waals surface area (Å²) in [5, 5.41) is 0. The predicted octanol–water partition coefficient (Wildman–Crippen LogP) is 3.27. The summed E-state index contributed by atoms with van der Waals surface area (Å²) < 4.78 is 26.5. The molecule has 0 bridgehead atoms. The van der Waals surface area contributed by atoms with Crippen LogP contribution in [0.4, 0.5) is 8.78 Å². The second-order valence-corrected chi connectivity index (χ2v) is 4.04. The van der Waals surface area contributed by atoms with Crippen molar-refractivity contribution in [2.24, 2.45) is 10.9 Å². The summed E-state index contributed by atoms with van der Waals surface area (Å²) >= 11 is 0. The number of carbonyl (C=O) groups excluding carboxylic acids is 1. The molecule has 0 aliphatic carbocycles. The van der Waals surface area contributed by atoms with E-state index in [1.807, 2.05) is 13.8 Å². The summed E-state index contributed by atoms with van der Waals surface area (Å²) in [5.74, 6) is 0.387. The number of rotatable bonds is 4. The Morgan fingerprint density at radius 2 is 2.12 bits per heavy atom. The Morgan fingerprint density at radius 1 is 1.44 bits per heavy atom. The minimum atomic E-state index is -3.48. The molecular weight excluding hydrogens is 212 g/mol. The molecule has 86 valence electrons. The highest BCUT2D eigenvalue weighted by Gasteiger charge is 2.30. The van der Waals surface area contributed by atoms with E-state index in [1.54, 1.807) is 12.1 Å². The molecule has 0 aliphatic heterocycles. The fourth-order valence-corrected chi connectivity index (χ4v) is 1.48. The van der Waals surface area contributed by atoms with E-state index in [9.17, 15) is 13.6 Å². The van der Waals surface area contributed by atoms with E-state index >= 15 is 0 Å². The van der Waals surface area contributed by atoms with Crippen LogP contribution in [-0.2, 0) is 17.3 Å². The van der Waals surface area contributed by atoms with Gasteiger partial charge in [0.1, 0.15) is 0 Å². The summed E-state index contributed by atoms with van der Waals surface area (Å²) in [6.45, 7) is 4.02. The molecule has 1 aromatic rings. The number of alkyl halides is 2. The smallest absolute Gasteiger partial charge is 0.211 e. The maximum Gasteiger partial charge on any atom is 0.379 e. The van der Waals surface area contributed by atoms with Gasteiger partial charge in [0, 0.05) is 5.56 Å². The van der Waals surface area contributed by atoms with Gasteiger partial charge < -0.3 is 0 Å². The first-order valence-electron chi connectivity index (χ1n) is 5.02. The van der Waals surface area contributed by atoms with Gasteiger partial charge in [0.2, 0.25) is 6.08 Å². The van der Waals surface area contributed by atoms with Crippen molar-refractivity contribution in [1.82, 2.24) is 0 Å². The highest BCUT2D eigenvalue weighted by molar-refractivity contribution is 5.36. The fourth-order valence-electron chi connectivity index (χ4n) is 1.48. The van der Waals surface area contributed by atoms with Crippen LogP contribution in [0.2, 0.25) is 0 Å². The summed E-state index contributed by atoms with van der Waals surface area (Å²) in [4.78, 5) is 12.4. The zero-order valence-corrected chi connectivity index (χ0v) is 9.21. The molecule has 0 spiro atoms. The molecule has 1 aromatic carbocycles. The van der Waals surface area contributed by atoms with Gasteiger partial charge >= 0.3 is 6.05 Å². The Kier molecular flexibility index (Phi) is 3.91. The zero-order chi connectivity index (χ0) is 12.2. The summed E-state index contributed by atoms with van der Waals surface area (Å²) in [6.07, 6.45) is 1.61. The molecule has 0 saturated heterocycles. The van der Waals surface area contributed by atoms with Gasteiger partial charge in [-0.25, -0.2) is 4.79 Å². The molecule has 0 radical (unpaired) electrons. The topological polar surface area (TPSA) is 29.4 Å². The first kappa shape index (κ1) is 12.5. The van der Waals surface area contributed by atoms with Crippen molar-refractivity contribution in [3.63, 3.8) is 0 Å². The molecule has 0 aliphatic rings. The van der Waals surface area contributed by atoms with Gasteiger partial charge in [-0.15, -0.1) is 4.99 Å². The van der Waals surface area contributed by atoms with E-state index in [0.29, 0.717) is 12.3 Å². The minimum absolute atomic E-state index is 0.269. The first-order chi connectivity index (χ1) is 7.45. The van der Waals surface area contributed by atoms with E-state index in [2.05, 4.69) is 4.99 Å². The molecule has 0 unspecified atom stereocenters. The Balaban J connectivity index is 3.02. The number of nitrogens with zero attached hydrogens (tertiary/aromatic N) is 1. The molecule has 0 atom stereocenters. The van der Waals surface area contributed by atoms with Crippen molar-refractivity contribution >= 4 is 6.08 Å². The van der Waals surface area contributed by atoms with Crippen molar-refractivity contribution in [3.05, 3.63) is 35.4 Å². The maximum absolute atomic E-state index is 13.2. The van der Waals surface area contributed by atoms with Gasteiger partial charge in [-0.1, -0.05) is 32.0 Å². The van der Waals surface area contributed by atoms with Crippen molar-refractivity contribution in [2.75, 3.05) is 0 Å². The molecule has 0 aromatic heterocycles. The summed E-state index contributed by atoms with van der Waals surface area (Å²) in [5.41, 5.74) is 0.544. The normalized spacial score (nSPS) is 11.3. The predicted molar refractivity (Wildman–Crippen MR) is 57.0 cm³/mol. The van der Waals surface area contributed by atoms with Gasteiger partial charge in [-0.3, -0.25) is 0 Å². The Hall–Kier alpha value is -1.54. The van der Waals surface area contributed by atoms with Gasteiger partial charge in [0.05, 0.1) is 0 Å². The van der Waals surface area contributed by atoms with Crippen molar-refractivity contribution < 1.29 is 13.6 Å². The number of isocyanates is 1. The largest absolute Gasteiger partial charge is 0.379 e. The second-order valence-electron chi connectivity index (χ2n) is 4.04. The molecule has 0 amide bonds. The molecule has 0 saturated carbocycles. The molecule has 0 fully saturated rings. The van der Waals surface area contributed by atoms with Crippen LogP contribution in [0.5, 0.6) is 0 Å². The molecule has 2 nitrogen and oxygen atoms in total. The lowest BCUT2D eigenvalue weighted by Gasteiger charge is -2.11. The monoisotopic (exact) mass is 225 g/mol. The number of halogens is 2. The molecule has 16 heavy (non-hydrogen) atoms. The van der Waals surface area contributed by atoms with Crippen LogP contribution in [0.15, 0.2) is 29.3 Å². The Labute approximate surface area is 93.0 Å². The standard InChI is InChI=1S/C12H13F2NO/c1-9(2)6-10-4-3-5-11(7-10)12(13,14)15-8-16/h3-5,7,9H,6H2,1-2H3. The second kappa shape index (κ2) is 4.99. The quantitative estimate of drug-likeness (QED) is 0.439. The molecule has 0 N–H and O–H groups in total. The minimum Gasteiger partial charge on any atom is -0.211 e. The SMILES string of the molecule is CC(C)Cc1cccc(C(F)(F)N=C=O)c1. The van der Waals surface area contributed by atoms with E-state index in [1.165, 1.54) is 12.1 Å². The van der Waals surface area contributed by atoms with Crippen LogP contribution in [-0.4, -0.2) is 6.08 Å². The lowest BCUT2D eigenvalue weighted by Crippen LogP contribution is -2.10. The molecule has 0 heterocycles. The van der Waals surface area contributed by atoms with Crippen LogP contribution < -0.4 is 0 Å². The number of hydrogen-bond acceptors (Lipinski definition) is 2. The maximum atomic E-state index is 13.2. The van der Waals surface area contributed by atoms with Gasteiger partial charge in [0.15, 0.2) is 0 Å². The van der Waals surface area contributed by atoms with Gasteiger partial charge in [0.25, 0.3) is 0 Å². The summed E-state index contributed by atoms with van der Waals surface area (Å²) in [7, 11) is 0. The van der Waals surface area contributed by atoms with Crippen LogP contribution in [0, 0.1) is 5.92 Å². The number of aliphatic imine (C=N–C) groups is 1. The molecule has 4 heteroatoms. The lowest BCUT2D eigenvalue weighted by atomic mass is 10.0. The van der Waals surface area contributed by atoms with Gasteiger partial charge in [-0.05, 0) is 24.0 Å². The van der Waals surface area contributed by atoms with Crippen LogP contribution in [0.1, 0.15) is 25.0 Å². The number of hydrogen-bond donors (Lipinski definition) is 0. The summed E-state index contributed by atoms with van der Waals surface area (Å²) in [6, 6.07) is 2.48. The third-order valence-electron chi connectivity index (χ3n) is 2.10. The van der Waals surface area contributed by atoms with Crippen molar-refractivity contribution in [3.8, 4) is 0 Å². The van der Waals surface area contributed by atoms with Crippen molar-refractivity contribution in [1.29, 1.82) is 0 Å². The Bertz CT molecular complexity index is 409. The highest BCUT2D eigenvalue weighted by Crippen LogP contribution is 2.29. The molecular formula is C12H13F2NO. The average molecular weight is 225 g/mol. The van der Waals surface area contributed by atoms with Crippen molar-refractivity contribution in [2.45, 2.75) is 26.3 Å². The van der Waals surface area contributed by atoms with Gasteiger partial charge in [-0.2, -0.15) is 8.78 Å². The third-order valence-corrected chi connectivity index (χ3v) is 2.10. The van der Waals surface area contributed by atoms with E-state index in [0.717, 1.165) is 11.6 Å². The van der Waals surface area contributed by atoms with E-state index < -0.39 is 6.05 Å². The fraction of sp³-hybridized carbons (Fsp3) is 0.417. The van der Waals surface area contributed by atoms with E-state index in [4.69, 9.17) is 0 Å². The Morgan fingerprint density at radius 3 is 2.69 bits per heavy atom. The highest BCUT2D eigenvalue weighted by atomic mass is 19.3. The zero-order valence-electron chi connectivity index (χ0n) is 9.21. The average Bonchev–Trinajstić information content (AvgIpc) is 2.17. The molecule has 1 rings (SSSR count). The third kappa shape index (κ3) is 3.24. The first-order valence-corrected chi connectivity index (χ1v) is 5.02. The lowest BCUT2D eigenvalue weighted by molar-refractivity contribution is 0.00608. The van der Waals surface area contributed by atoms with Crippen LogP contribution in [0.25, 0.3) is 0 Å². The number of benzene rings is 1. The van der Waals surface area contributed by atoms with Crippen LogP contribution in [0.3, 0.4) is 0 Å². The van der Waals surface area contributed by atoms with Crippen LogP contribution >= 0.6 is 0 Å².